The van der Waals surface area contributed by atoms with E-state index in [2.05, 4.69) is 0 Å². The lowest BCUT2D eigenvalue weighted by Crippen LogP contribution is -2.30. The zero-order valence-corrected chi connectivity index (χ0v) is 11.6. The predicted molar refractivity (Wildman–Crippen MR) is 77.3 cm³/mol. The first-order valence-corrected chi connectivity index (χ1v) is 7.04. The molecule has 20 heavy (non-hydrogen) atoms. The van der Waals surface area contributed by atoms with E-state index < -0.39 is 11.9 Å². The van der Waals surface area contributed by atoms with Crippen LogP contribution in [0.25, 0.3) is 10.8 Å². The van der Waals surface area contributed by atoms with Crippen molar-refractivity contribution in [2.75, 3.05) is 0 Å². The monoisotopic (exact) mass is 271 g/mol. The van der Waals surface area contributed by atoms with E-state index in [-0.39, 0.29) is 0 Å². The quantitative estimate of drug-likeness (QED) is 0.878. The molecule has 2 rings (SSSR count). The molecule has 0 spiro atoms. The number of phenolic OH excluding ortho intramolecular Hbond substituents is 1. The van der Waals surface area contributed by atoms with Gasteiger partial charge >= 0.3 is 0 Å². The Morgan fingerprint density at radius 3 is 2.70 bits per heavy atom. The third-order valence-electron chi connectivity index (χ3n) is 3.81. The molecule has 2 aromatic rings. The number of aryl methyl sites for hydroxylation is 1. The number of fused-ring (bicyclic) bond motifs is 1. The van der Waals surface area contributed by atoms with Gasteiger partial charge in [-0.1, -0.05) is 43.3 Å². The molecule has 0 aromatic heterocycles. The SMILES string of the molecule is CCC(CCCc1ccc2ccccc2c1O)C(=O)[O-]. The van der Waals surface area contributed by atoms with Gasteiger partial charge in [-0.15, -0.1) is 0 Å². The van der Waals surface area contributed by atoms with Crippen LogP contribution in [-0.2, 0) is 11.2 Å². The van der Waals surface area contributed by atoms with Crippen molar-refractivity contribution in [2.24, 2.45) is 5.92 Å². The Kier molecular flexibility index (Phi) is 4.61. The highest BCUT2D eigenvalue weighted by Gasteiger charge is 2.09. The molecule has 0 aliphatic rings. The second kappa shape index (κ2) is 6.42. The van der Waals surface area contributed by atoms with Crippen molar-refractivity contribution >= 4 is 16.7 Å². The van der Waals surface area contributed by atoms with Gasteiger partial charge in [-0.05, 0) is 42.6 Å². The number of benzene rings is 2. The summed E-state index contributed by atoms with van der Waals surface area (Å²) in [5, 5.41) is 23.0. The second-order valence-corrected chi connectivity index (χ2v) is 5.11. The minimum atomic E-state index is -0.977. The van der Waals surface area contributed by atoms with Gasteiger partial charge in [0.1, 0.15) is 5.75 Å². The van der Waals surface area contributed by atoms with Gasteiger partial charge in [0.25, 0.3) is 0 Å². The Hall–Kier alpha value is -2.03. The van der Waals surface area contributed by atoms with Gasteiger partial charge in [-0.3, -0.25) is 0 Å². The van der Waals surface area contributed by atoms with Crippen LogP contribution in [0.5, 0.6) is 5.75 Å². The van der Waals surface area contributed by atoms with Crippen LogP contribution in [0.4, 0.5) is 0 Å². The average Bonchev–Trinajstić information content (AvgIpc) is 2.45. The number of rotatable bonds is 6. The Morgan fingerprint density at radius 2 is 2.00 bits per heavy atom. The molecule has 3 nitrogen and oxygen atoms in total. The van der Waals surface area contributed by atoms with E-state index in [1.54, 1.807) is 0 Å². The molecule has 0 fully saturated rings. The molecule has 1 unspecified atom stereocenters. The number of aliphatic carboxylic acids is 1. The Morgan fingerprint density at radius 1 is 1.25 bits per heavy atom. The fraction of sp³-hybridized carbons (Fsp3) is 0.353. The highest BCUT2D eigenvalue weighted by molar-refractivity contribution is 5.89. The molecular weight excluding hydrogens is 252 g/mol. The summed E-state index contributed by atoms with van der Waals surface area (Å²) >= 11 is 0. The lowest BCUT2D eigenvalue weighted by molar-refractivity contribution is -0.311. The number of phenols is 1. The summed E-state index contributed by atoms with van der Waals surface area (Å²) < 4.78 is 0. The molecule has 2 aromatic carbocycles. The normalized spacial score (nSPS) is 12.4. The molecule has 0 bridgehead atoms. The first-order chi connectivity index (χ1) is 9.63. The average molecular weight is 271 g/mol. The molecule has 0 saturated carbocycles. The van der Waals surface area contributed by atoms with Crippen LogP contribution in [0.3, 0.4) is 0 Å². The Balaban J connectivity index is 2.07. The minimum absolute atomic E-state index is 0.310. The number of carbonyl (C=O) groups is 1. The smallest absolute Gasteiger partial charge is 0.126 e. The number of aromatic hydroxyl groups is 1. The minimum Gasteiger partial charge on any atom is -0.550 e. The van der Waals surface area contributed by atoms with Gasteiger partial charge in [0.2, 0.25) is 0 Å². The van der Waals surface area contributed by atoms with Gasteiger partial charge < -0.3 is 15.0 Å². The van der Waals surface area contributed by atoms with Gasteiger partial charge in [-0.25, -0.2) is 0 Å². The zero-order chi connectivity index (χ0) is 14.5. The summed E-state index contributed by atoms with van der Waals surface area (Å²) in [7, 11) is 0. The van der Waals surface area contributed by atoms with E-state index in [1.807, 2.05) is 43.3 Å². The van der Waals surface area contributed by atoms with Crippen LogP contribution in [0, 0.1) is 5.92 Å². The van der Waals surface area contributed by atoms with E-state index in [9.17, 15) is 15.0 Å². The molecule has 0 heterocycles. The van der Waals surface area contributed by atoms with Gasteiger partial charge in [0, 0.05) is 11.4 Å². The third-order valence-corrected chi connectivity index (χ3v) is 3.81. The van der Waals surface area contributed by atoms with Gasteiger partial charge in [0.05, 0.1) is 0 Å². The number of carboxylic acids is 1. The van der Waals surface area contributed by atoms with E-state index in [1.165, 1.54) is 0 Å². The summed E-state index contributed by atoms with van der Waals surface area (Å²) in [5.41, 5.74) is 0.872. The molecule has 0 radical (unpaired) electrons. The van der Waals surface area contributed by atoms with E-state index in [4.69, 9.17) is 0 Å². The van der Waals surface area contributed by atoms with Crippen LogP contribution in [0.2, 0.25) is 0 Å². The molecule has 1 N–H and O–H groups in total. The summed E-state index contributed by atoms with van der Waals surface area (Å²) in [6.45, 7) is 1.86. The summed E-state index contributed by atoms with van der Waals surface area (Å²) in [4.78, 5) is 10.9. The summed E-state index contributed by atoms with van der Waals surface area (Å²) in [5.74, 6) is -1.06. The van der Waals surface area contributed by atoms with E-state index >= 15 is 0 Å². The summed E-state index contributed by atoms with van der Waals surface area (Å²) in [6, 6.07) is 11.6. The van der Waals surface area contributed by atoms with Crippen molar-refractivity contribution in [1.29, 1.82) is 0 Å². The molecule has 0 saturated heterocycles. The number of hydrogen-bond donors (Lipinski definition) is 1. The highest BCUT2D eigenvalue weighted by atomic mass is 16.4. The van der Waals surface area contributed by atoms with Crippen molar-refractivity contribution in [1.82, 2.24) is 0 Å². The first-order valence-electron chi connectivity index (χ1n) is 7.04. The Labute approximate surface area is 118 Å². The maximum Gasteiger partial charge on any atom is 0.126 e. The molecule has 1 atom stereocenters. The van der Waals surface area contributed by atoms with Crippen molar-refractivity contribution in [3.05, 3.63) is 42.0 Å². The van der Waals surface area contributed by atoms with Crippen LogP contribution in [0.1, 0.15) is 31.7 Å². The topological polar surface area (TPSA) is 60.4 Å². The maximum atomic E-state index is 10.9. The lowest BCUT2D eigenvalue weighted by Gasteiger charge is -2.15. The predicted octanol–water partition coefficient (Wildman–Crippen LogP) is 2.64. The van der Waals surface area contributed by atoms with Crippen molar-refractivity contribution in [3.8, 4) is 5.75 Å². The van der Waals surface area contributed by atoms with Crippen molar-refractivity contribution < 1.29 is 15.0 Å². The standard InChI is InChI=1S/C17H20O3/c1-2-12(17(19)20)7-5-8-14-11-10-13-6-3-4-9-15(13)16(14)18/h3-4,6,9-12,18H,2,5,7-8H2,1H3,(H,19,20)/p-1. The van der Waals surface area contributed by atoms with Crippen LogP contribution < -0.4 is 5.11 Å². The highest BCUT2D eigenvalue weighted by Crippen LogP contribution is 2.29. The van der Waals surface area contributed by atoms with Crippen LogP contribution in [0.15, 0.2) is 36.4 Å². The fourth-order valence-corrected chi connectivity index (χ4v) is 2.53. The zero-order valence-electron chi connectivity index (χ0n) is 11.6. The third kappa shape index (κ3) is 3.10. The molecular formula is C17H19O3-. The van der Waals surface area contributed by atoms with Crippen LogP contribution in [-0.4, -0.2) is 11.1 Å². The van der Waals surface area contributed by atoms with Gasteiger partial charge in [-0.2, -0.15) is 0 Å². The second-order valence-electron chi connectivity index (χ2n) is 5.11. The lowest BCUT2D eigenvalue weighted by atomic mass is 9.96. The molecule has 3 heteroatoms. The molecule has 106 valence electrons. The maximum absolute atomic E-state index is 10.9. The van der Waals surface area contributed by atoms with Crippen LogP contribution >= 0.6 is 0 Å². The van der Waals surface area contributed by atoms with Crippen molar-refractivity contribution in [3.63, 3.8) is 0 Å². The fourth-order valence-electron chi connectivity index (χ4n) is 2.53. The molecule has 0 aliphatic carbocycles. The van der Waals surface area contributed by atoms with E-state index in [0.29, 0.717) is 25.0 Å². The molecule has 0 aliphatic heterocycles. The molecule has 0 amide bonds. The first kappa shape index (κ1) is 14.4. The van der Waals surface area contributed by atoms with Crippen molar-refractivity contribution in [2.45, 2.75) is 32.6 Å². The number of carboxylic acid groups (broad SMARTS) is 1. The number of carbonyl (C=O) groups excluding carboxylic acids is 1. The largest absolute Gasteiger partial charge is 0.550 e. The van der Waals surface area contributed by atoms with Gasteiger partial charge in [0.15, 0.2) is 0 Å². The number of hydrogen-bond acceptors (Lipinski definition) is 3. The summed E-state index contributed by atoms with van der Waals surface area (Å²) in [6.07, 6.45) is 2.59. The van der Waals surface area contributed by atoms with E-state index in [0.717, 1.165) is 22.8 Å². The Bertz CT molecular complexity index is 604.